The Kier molecular flexibility index (Phi) is 6.23. The number of halogens is 1. The molecule has 7 heteroatoms. The molecule has 0 spiro atoms. The van der Waals surface area contributed by atoms with Crippen molar-refractivity contribution in [1.29, 1.82) is 0 Å². The van der Waals surface area contributed by atoms with E-state index in [-0.39, 0.29) is 17.9 Å². The maximum Gasteiger partial charge on any atom is 0.251 e. The molecule has 1 heterocycles. The van der Waals surface area contributed by atoms with Gasteiger partial charge in [-0.05, 0) is 72.4 Å². The number of aromatic nitrogens is 2. The second kappa shape index (κ2) is 9.06. The van der Waals surface area contributed by atoms with Crippen molar-refractivity contribution in [3.63, 3.8) is 0 Å². The Bertz CT molecular complexity index is 1090. The first-order valence-electron chi connectivity index (χ1n) is 10.4. The summed E-state index contributed by atoms with van der Waals surface area (Å²) in [6, 6.07) is 16.6. The molecule has 6 nitrogen and oxygen atoms in total. The van der Waals surface area contributed by atoms with Crippen LogP contribution in [0.3, 0.4) is 0 Å². The van der Waals surface area contributed by atoms with Gasteiger partial charge in [0, 0.05) is 18.0 Å². The summed E-state index contributed by atoms with van der Waals surface area (Å²) in [4.78, 5) is 25.6. The quantitative estimate of drug-likeness (QED) is 0.538. The Morgan fingerprint density at radius 2 is 1.77 bits per heavy atom. The summed E-state index contributed by atoms with van der Waals surface area (Å²) in [7, 11) is 0. The van der Waals surface area contributed by atoms with Crippen LogP contribution >= 0.6 is 15.9 Å². The largest absolute Gasteiger partial charge is 0.352 e. The van der Waals surface area contributed by atoms with Crippen LogP contribution in [0, 0.1) is 13.8 Å². The minimum absolute atomic E-state index is 0.135. The van der Waals surface area contributed by atoms with Crippen molar-refractivity contribution in [2.75, 3.05) is 0 Å². The highest BCUT2D eigenvalue weighted by molar-refractivity contribution is 9.10. The molecule has 1 saturated carbocycles. The second-order valence-electron chi connectivity index (χ2n) is 7.94. The van der Waals surface area contributed by atoms with Crippen LogP contribution in [0.1, 0.15) is 40.2 Å². The lowest BCUT2D eigenvalue weighted by Gasteiger charge is -2.19. The lowest BCUT2D eigenvalue weighted by molar-refractivity contribution is -0.123. The molecule has 0 saturated heterocycles. The van der Waals surface area contributed by atoms with Crippen molar-refractivity contribution in [2.45, 2.75) is 45.2 Å². The lowest BCUT2D eigenvalue weighted by Crippen LogP contribution is -2.48. The molecule has 1 aromatic heterocycles. The average molecular weight is 481 g/mol. The van der Waals surface area contributed by atoms with Crippen LogP contribution in [0.15, 0.2) is 59.1 Å². The van der Waals surface area contributed by atoms with Crippen LogP contribution in [0.2, 0.25) is 0 Å². The summed E-state index contributed by atoms with van der Waals surface area (Å²) >= 11 is 3.54. The first-order valence-corrected chi connectivity index (χ1v) is 11.2. The smallest absolute Gasteiger partial charge is 0.251 e. The van der Waals surface area contributed by atoms with Crippen LogP contribution in [0.25, 0.3) is 5.69 Å². The van der Waals surface area contributed by atoms with Gasteiger partial charge < -0.3 is 10.6 Å². The fourth-order valence-corrected chi connectivity index (χ4v) is 3.71. The number of carbonyl (C=O) groups is 2. The molecule has 2 aromatic carbocycles. The van der Waals surface area contributed by atoms with Crippen molar-refractivity contribution in [2.24, 2.45) is 0 Å². The van der Waals surface area contributed by atoms with Crippen molar-refractivity contribution < 1.29 is 9.59 Å². The third kappa shape index (κ3) is 5.05. The summed E-state index contributed by atoms with van der Waals surface area (Å²) in [5, 5.41) is 10.4. The molecule has 160 valence electrons. The number of rotatable bonds is 7. The lowest BCUT2D eigenvalue weighted by atomic mass is 10.0. The van der Waals surface area contributed by atoms with E-state index in [1.54, 1.807) is 12.1 Å². The topological polar surface area (TPSA) is 76.0 Å². The number of hydrogen-bond acceptors (Lipinski definition) is 3. The van der Waals surface area contributed by atoms with Crippen molar-refractivity contribution in [1.82, 2.24) is 20.4 Å². The highest BCUT2D eigenvalue weighted by Gasteiger charge is 2.28. The number of aryl methyl sites for hydroxylation is 1. The minimum Gasteiger partial charge on any atom is -0.352 e. The van der Waals surface area contributed by atoms with Gasteiger partial charge in [-0.2, -0.15) is 5.10 Å². The molecular weight excluding hydrogens is 456 g/mol. The Balaban J connectivity index is 1.49. The summed E-state index contributed by atoms with van der Waals surface area (Å²) in [6.45, 7) is 3.92. The standard InChI is InChI=1S/C24H25BrN4O2/c1-15-22(25)16(2)29(28-15)20-12-8-18(9-13-20)23(30)27-21(24(31)26-19-10-11-19)14-17-6-4-3-5-7-17/h3-9,12-13,19,21H,10-11,14H2,1-2H3,(H,26,31)(H,27,30). The SMILES string of the molecule is Cc1nn(-c2ccc(C(=O)NC(Cc3ccccc3)C(=O)NC3CC3)cc2)c(C)c1Br. The zero-order valence-electron chi connectivity index (χ0n) is 17.6. The molecule has 2 amide bonds. The normalized spacial score (nSPS) is 14.2. The molecule has 1 aliphatic carbocycles. The van der Waals surface area contributed by atoms with E-state index >= 15 is 0 Å². The molecule has 1 fully saturated rings. The zero-order chi connectivity index (χ0) is 22.0. The van der Waals surface area contributed by atoms with Gasteiger partial charge >= 0.3 is 0 Å². The van der Waals surface area contributed by atoms with Gasteiger partial charge in [-0.25, -0.2) is 4.68 Å². The van der Waals surface area contributed by atoms with E-state index in [0.29, 0.717) is 12.0 Å². The van der Waals surface area contributed by atoms with Crippen molar-refractivity contribution >= 4 is 27.7 Å². The molecule has 1 unspecified atom stereocenters. The van der Waals surface area contributed by atoms with Gasteiger partial charge in [-0.1, -0.05) is 30.3 Å². The number of hydrogen-bond donors (Lipinski definition) is 2. The Labute approximate surface area is 190 Å². The molecule has 1 aliphatic rings. The van der Waals surface area contributed by atoms with E-state index < -0.39 is 6.04 Å². The number of amides is 2. The maximum atomic E-state index is 12.9. The van der Waals surface area contributed by atoms with E-state index in [0.717, 1.165) is 40.0 Å². The van der Waals surface area contributed by atoms with Gasteiger partial charge in [0.1, 0.15) is 6.04 Å². The highest BCUT2D eigenvalue weighted by atomic mass is 79.9. The van der Waals surface area contributed by atoms with Gasteiger partial charge in [0.05, 0.1) is 21.5 Å². The van der Waals surface area contributed by atoms with Gasteiger partial charge in [0.15, 0.2) is 0 Å². The highest BCUT2D eigenvalue weighted by Crippen LogP contribution is 2.23. The zero-order valence-corrected chi connectivity index (χ0v) is 19.1. The molecule has 2 N–H and O–H groups in total. The van der Waals surface area contributed by atoms with E-state index in [2.05, 4.69) is 31.7 Å². The van der Waals surface area contributed by atoms with Crippen LogP contribution in [-0.2, 0) is 11.2 Å². The van der Waals surface area contributed by atoms with Crippen LogP contribution in [-0.4, -0.2) is 33.7 Å². The van der Waals surface area contributed by atoms with Gasteiger partial charge in [0.2, 0.25) is 5.91 Å². The summed E-state index contributed by atoms with van der Waals surface area (Å²) in [5.41, 5.74) is 4.28. The Morgan fingerprint density at radius 1 is 1.10 bits per heavy atom. The van der Waals surface area contributed by atoms with Gasteiger partial charge in [-0.15, -0.1) is 0 Å². The van der Waals surface area contributed by atoms with Crippen molar-refractivity contribution in [3.8, 4) is 5.69 Å². The number of benzene rings is 2. The molecule has 1 atom stereocenters. The Hall–Kier alpha value is -2.93. The predicted octanol–water partition coefficient (Wildman–Crippen LogP) is 3.87. The third-order valence-electron chi connectivity index (χ3n) is 5.41. The van der Waals surface area contributed by atoms with Crippen LogP contribution in [0.4, 0.5) is 0 Å². The maximum absolute atomic E-state index is 12.9. The number of carbonyl (C=O) groups excluding carboxylic acids is 2. The van der Waals surface area contributed by atoms with E-state index in [1.807, 2.05) is 61.0 Å². The van der Waals surface area contributed by atoms with Crippen LogP contribution < -0.4 is 10.6 Å². The third-order valence-corrected chi connectivity index (χ3v) is 6.55. The molecule has 0 aliphatic heterocycles. The summed E-state index contributed by atoms with van der Waals surface area (Å²) in [6.07, 6.45) is 2.45. The number of nitrogens with zero attached hydrogens (tertiary/aromatic N) is 2. The monoisotopic (exact) mass is 480 g/mol. The van der Waals surface area contributed by atoms with Crippen molar-refractivity contribution in [3.05, 3.63) is 81.6 Å². The molecular formula is C24H25BrN4O2. The number of nitrogens with one attached hydrogen (secondary N) is 2. The fraction of sp³-hybridized carbons (Fsp3) is 0.292. The molecule has 31 heavy (non-hydrogen) atoms. The molecule has 4 rings (SSSR count). The summed E-state index contributed by atoms with van der Waals surface area (Å²) in [5.74, 6) is -0.406. The molecule has 0 bridgehead atoms. The average Bonchev–Trinajstić information content (AvgIpc) is 3.56. The van der Waals surface area contributed by atoms with E-state index in [9.17, 15) is 9.59 Å². The molecule has 3 aromatic rings. The van der Waals surface area contributed by atoms with E-state index in [4.69, 9.17) is 0 Å². The summed E-state index contributed by atoms with van der Waals surface area (Å²) < 4.78 is 2.81. The first kappa shape index (κ1) is 21.3. The van der Waals surface area contributed by atoms with Gasteiger partial charge in [0.25, 0.3) is 5.91 Å². The Morgan fingerprint density at radius 3 is 2.35 bits per heavy atom. The molecule has 0 radical (unpaired) electrons. The first-order chi connectivity index (χ1) is 14.9. The van der Waals surface area contributed by atoms with Crippen LogP contribution in [0.5, 0.6) is 0 Å². The second-order valence-corrected chi connectivity index (χ2v) is 8.74. The van der Waals surface area contributed by atoms with E-state index in [1.165, 1.54) is 0 Å². The minimum atomic E-state index is -0.623. The predicted molar refractivity (Wildman–Crippen MR) is 123 cm³/mol. The fourth-order valence-electron chi connectivity index (χ4n) is 3.46. The van der Waals surface area contributed by atoms with Gasteiger partial charge in [-0.3, -0.25) is 9.59 Å².